The van der Waals surface area contributed by atoms with Gasteiger partial charge in [0.15, 0.2) is 6.10 Å². The molecule has 7 heteroatoms. The number of aliphatic hydroxyl groups is 1. The van der Waals surface area contributed by atoms with Gasteiger partial charge in [0, 0.05) is 7.11 Å². The van der Waals surface area contributed by atoms with Gasteiger partial charge in [-0.25, -0.2) is 9.59 Å². The molecule has 0 fully saturated rings. The molecule has 0 aliphatic rings. The van der Waals surface area contributed by atoms with E-state index in [-0.39, 0.29) is 6.61 Å². The van der Waals surface area contributed by atoms with Crippen molar-refractivity contribution in [1.29, 1.82) is 0 Å². The summed E-state index contributed by atoms with van der Waals surface area (Å²) in [5.74, 6) is -1.44. The molecule has 1 unspecified atom stereocenters. The summed E-state index contributed by atoms with van der Waals surface area (Å²) >= 11 is 0. The molecule has 0 saturated carbocycles. The number of hydrogen-bond acceptors (Lipinski definition) is 5. The number of aliphatic carboxylic acids is 1. The smallest absolute Gasteiger partial charge is 0.408 e. The van der Waals surface area contributed by atoms with Crippen molar-refractivity contribution in [2.45, 2.75) is 38.5 Å². The van der Waals surface area contributed by atoms with Crippen LogP contribution in [-0.2, 0) is 14.3 Å². The number of aliphatic hydroxyl groups excluding tert-OH is 1. The first-order valence-electron chi connectivity index (χ1n) is 5.06. The van der Waals surface area contributed by atoms with Crippen LogP contribution in [0.3, 0.4) is 0 Å². The highest BCUT2D eigenvalue weighted by atomic mass is 16.6. The Bertz CT molecular complexity index is 272. The van der Waals surface area contributed by atoms with E-state index in [1.165, 1.54) is 7.11 Å². The van der Waals surface area contributed by atoms with Gasteiger partial charge in [-0.1, -0.05) is 0 Å². The van der Waals surface area contributed by atoms with Crippen molar-refractivity contribution in [1.82, 2.24) is 5.32 Å². The highest BCUT2D eigenvalue weighted by Crippen LogP contribution is 2.07. The van der Waals surface area contributed by atoms with E-state index in [9.17, 15) is 14.7 Å². The summed E-state index contributed by atoms with van der Waals surface area (Å²) in [5, 5.41) is 20.2. The Morgan fingerprint density at radius 1 is 1.35 bits per heavy atom. The second kappa shape index (κ2) is 6.41. The van der Waals surface area contributed by atoms with Gasteiger partial charge in [0.25, 0.3) is 0 Å². The molecule has 0 saturated heterocycles. The molecule has 0 aromatic carbocycles. The molecule has 7 nitrogen and oxygen atoms in total. The summed E-state index contributed by atoms with van der Waals surface area (Å²) in [6, 6.07) is -1.06. The predicted octanol–water partition coefficient (Wildman–Crippen LogP) is -0.0284. The summed E-state index contributed by atoms with van der Waals surface area (Å²) in [4.78, 5) is 22.0. The Labute approximate surface area is 99.7 Å². The Morgan fingerprint density at radius 3 is 2.24 bits per heavy atom. The van der Waals surface area contributed by atoms with Crippen LogP contribution in [-0.4, -0.2) is 53.7 Å². The summed E-state index contributed by atoms with van der Waals surface area (Å²) in [5.41, 5.74) is -0.699. The van der Waals surface area contributed by atoms with Crippen molar-refractivity contribution in [3.05, 3.63) is 0 Å². The molecule has 1 amide bonds. The van der Waals surface area contributed by atoms with E-state index in [1.54, 1.807) is 20.8 Å². The predicted molar refractivity (Wildman–Crippen MR) is 58.7 cm³/mol. The van der Waals surface area contributed by atoms with E-state index in [4.69, 9.17) is 14.6 Å². The van der Waals surface area contributed by atoms with E-state index in [2.05, 4.69) is 5.32 Å². The Hall–Kier alpha value is -1.34. The van der Waals surface area contributed by atoms with Crippen molar-refractivity contribution in [2.75, 3.05) is 13.7 Å². The maximum absolute atomic E-state index is 11.4. The molecule has 100 valence electrons. The largest absolute Gasteiger partial charge is 0.479 e. The molecule has 0 aliphatic heterocycles. The number of carboxylic acid groups (broad SMARTS) is 1. The number of carboxylic acids is 1. The number of carbonyl (C=O) groups excluding carboxylic acids is 1. The molecule has 0 aromatic rings. The van der Waals surface area contributed by atoms with Crippen molar-refractivity contribution in [3.63, 3.8) is 0 Å². The zero-order valence-corrected chi connectivity index (χ0v) is 10.4. The van der Waals surface area contributed by atoms with Crippen LogP contribution in [0.4, 0.5) is 4.79 Å². The molecule has 17 heavy (non-hydrogen) atoms. The van der Waals surface area contributed by atoms with Gasteiger partial charge in [-0.3, -0.25) is 0 Å². The van der Waals surface area contributed by atoms with Crippen molar-refractivity contribution >= 4 is 12.1 Å². The standard InChI is InChI=1S/C10H19NO6/c1-10(2,3)17-9(15)11-6(5-16-4)7(12)8(13)14/h6-7,12H,5H2,1-4H3,(H,11,15)(H,13,14)/t6-,7?/m0/s1. The van der Waals surface area contributed by atoms with E-state index in [1.807, 2.05) is 0 Å². The van der Waals surface area contributed by atoms with Crippen molar-refractivity contribution in [3.8, 4) is 0 Å². The third-order valence-electron chi connectivity index (χ3n) is 1.68. The summed E-state index contributed by atoms with van der Waals surface area (Å²) in [6.07, 6.45) is -2.55. The zero-order chi connectivity index (χ0) is 13.6. The van der Waals surface area contributed by atoms with Crippen LogP contribution >= 0.6 is 0 Å². The third-order valence-corrected chi connectivity index (χ3v) is 1.68. The molecule has 0 spiro atoms. The van der Waals surface area contributed by atoms with Gasteiger partial charge < -0.3 is 25.0 Å². The maximum Gasteiger partial charge on any atom is 0.408 e. The number of carbonyl (C=O) groups is 2. The molecule has 2 atom stereocenters. The van der Waals surface area contributed by atoms with Gasteiger partial charge in [-0.2, -0.15) is 0 Å². The number of rotatable bonds is 5. The fourth-order valence-electron chi connectivity index (χ4n) is 1.02. The molecule has 0 heterocycles. The lowest BCUT2D eigenvalue weighted by Crippen LogP contribution is -2.50. The van der Waals surface area contributed by atoms with Crippen molar-refractivity contribution < 1.29 is 29.3 Å². The molecule has 0 rings (SSSR count). The number of amides is 1. The molecular weight excluding hydrogens is 230 g/mol. The lowest BCUT2D eigenvalue weighted by Gasteiger charge is -2.24. The Kier molecular flexibility index (Phi) is 5.90. The first-order chi connectivity index (χ1) is 7.67. The second-order valence-corrected chi connectivity index (χ2v) is 4.49. The number of nitrogens with one attached hydrogen (secondary N) is 1. The van der Waals surface area contributed by atoms with Gasteiger partial charge in [0.1, 0.15) is 5.60 Å². The van der Waals surface area contributed by atoms with Crippen LogP contribution < -0.4 is 5.32 Å². The van der Waals surface area contributed by atoms with E-state index in [0.717, 1.165) is 0 Å². The number of alkyl carbamates (subject to hydrolysis) is 1. The normalized spacial score (nSPS) is 14.9. The first kappa shape index (κ1) is 15.7. The first-order valence-corrected chi connectivity index (χ1v) is 5.06. The van der Waals surface area contributed by atoms with Crippen LogP contribution in [0.1, 0.15) is 20.8 Å². The fraction of sp³-hybridized carbons (Fsp3) is 0.800. The minimum Gasteiger partial charge on any atom is -0.479 e. The SMILES string of the molecule is COC[C@H](NC(=O)OC(C)(C)C)C(O)C(=O)O. The fourth-order valence-corrected chi connectivity index (χ4v) is 1.02. The molecule has 0 aliphatic carbocycles. The number of hydrogen-bond donors (Lipinski definition) is 3. The second-order valence-electron chi connectivity index (χ2n) is 4.49. The molecule has 3 N–H and O–H groups in total. The molecular formula is C10H19NO6. The van der Waals surface area contributed by atoms with E-state index >= 15 is 0 Å². The number of methoxy groups -OCH3 is 1. The third kappa shape index (κ3) is 6.75. The zero-order valence-electron chi connectivity index (χ0n) is 10.4. The lowest BCUT2D eigenvalue weighted by atomic mass is 10.2. The summed E-state index contributed by atoms with van der Waals surface area (Å²) < 4.78 is 9.65. The Balaban J connectivity index is 4.44. The van der Waals surface area contributed by atoms with Gasteiger partial charge in [0.05, 0.1) is 12.6 Å². The minimum absolute atomic E-state index is 0.132. The maximum atomic E-state index is 11.4. The van der Waals surface area contributed by atoms with Gasteiger partial charge in [-0.05, 0) is 20.8 Å². The molecule has 0 aromatic heterocycles. The van der Waals surface area contributed by atoms with Crippen LogP contribution in [0.5, 0.6) is 0 Å². The number of ether oxygens (including phenoxy) is 2. The van der Waals surface area contributed by atoms with Crippen LogP contribution in [0, 0.1) is 0 Å². The quantitative estimate of drug-likeness (QED) is 0.632. The molecule has 0 bridgehead atoms. The average molecular weight is 249 g/mol. The van der Waals surface area contributed by atoms with E-state index in [0.29, 0.717) is 0 Å². The Morgan fingerprint density at radius 2 is 1.88 bits per heavy atom. The van der Waals surface area contributed by atoms with E-state index < -0.39 is 29.8 Å². The lowest BCUT2D eigenvalue weighted by molar-refractivity contribution is -0.148. The van der Waals surface area contributed by atoms with Gasteiger partial charge in [0.2, 0.25) is 0 Å². The average Bonchev–Trinajstić information content (AvgIpc) is 2.12. The van der Waals surface area contributed by atoms with Gasteiger partial charge >= 0.3 is 12.1 Å². The minimum atomic E-state index is -1.75. The van der Waals surface area contributed by atoms with Crippen molar-refractivity contribution in [2.24, 2.45) is 0 Å². The summed E-state index contributed by atoms with van der Waals surface area (Å²) in [7, 11) is 1.33. The van der Waals surface area contributed by atoms with Gasteiger partial charge in [-0.15, -0.1) is 0 Å². The topological polar surface area (TPSA) is 105 Å². The van der Waals surface area contributed by atoms with Crippen LogP contribution in [0.25, 0.3) is 0 Å². The van der Waals surface area contributed by atoms with Crippen LogP contribution in [0.15, 0.2) is 0 Å². The van der Waals surface area contributed by atoms with Crippen LogP contribution in [0.2, 0.25) is 0 Å². The highest BCUT2D eigenvalue weighted by molar-refractivity contribution is 5.75. The summed E-state index contributed by atoms with van der Waals surface area (Å²) in [6.45, 7) is 4.88. The molecule has 0 radical (unpaired) electrons. The highest BCUT2D eigenvalue weighted by Gasteiger charge is 2.29. The monoisotopic (exact) mass is 249 g/mol.